The van der Waals surface area contributed by atoms with Crippen LogP contribution in [0, 0.1) is 0 Å². The Morgan fingerprint density at radius 3 is 2.42 bits per heavy atom. The first kappa shape index (κ1) is 20.4. The van der Waals surface area contributed by atoms with Crippen LogP contribution in [0.4, 0.5) is 0 Å². The molecule has 0 aliphatic heterocycles. The second-order valence-electron chi connectivity index (χ2n) is 7.13. The highest BCUT2D eigenvalue weighted by atomic mass is 16.5. The van der Waals surface area contributed by atoms with Gasteiger partial charge < -0.3 is 9.47 Å². The SMILES string of the molecule is CCOc1cc(/C=C/C(=O)c2ccccc2)ccc1OCc1cccc2ccccc12. The van der Waals surface area contributed by atoms with Crippen LogP contribution in [0.15, 0.2) is 97.1 Å². The van der Waals surface area contributed by atoms with Crippen molar-refractivity contribution in [2.75, 3.05) is 6.61 Å². The Bertz CT molecular complexity index is 1200. The van der Waals surface area contributed by atoms with Crippen molar-refractivity contribution in [1.29, 1.82) is 0 Å². The maximum Gasteiger partial charge on any atom is 0.185 e. The first-order chi connectivity index (χ1) is 15.2. The first-order valence-corrected chi connectivity index (χ1v) is 10.4. The molecule has 0 aromatic heterocycles. The van der Waals surface area contributed by atoms with Crippen LogP contribution < -0.4 is 9.47 Å². The quantitative estimate of drug-likeness (QED) is 0.240. The van der Waals surface area contributed by atoms with Gasteiger partial charge in [-0.3, -0.25) is 4.79 Å². The summed E-state index contributed by atoms with van der Waals surface area (Å²) in [7, 11) is 0. The largest absolute Gasteiger partial charge is 0.490 e. The molecule has 31 heavy (non-hydrogen) atoms. The van der Waals surface area contributed by atoms with E-state index < -0.39 is 0 Å². The topological polar surface area (TPSA) is 35.5 Å². The number of hydrogen-bond acceptors (Lipinski definition) is 3. The molecule has 0 unspecified atom stereocenters. The molecular weight excluding hydrogens is 384 g/mol. The van der Waals surface area contributed by atoms with E-state index in [0.29, 0.717) is 30.3 Å². The monoisotopic (exact) mass is 408 g/mol. The van der Waals surface area contributed by atoms with E-state index in [1.54, 1.807) is 12.2 Å². The van der Waals surface area contributed by atoms with Crippen molar-refractivity contribution in [3.63, 3.8) is 0 Å². The number of hydrogen-bond donors (Lipinski definition) is 0. The third-order valence-electron chi connectivity index (χ3n) is 5.02. The van der Waals surface area contributed by atoms with E-state index >= 15 is 0 Å². The average Bonchev–Trinajstić information content (AvgIpc) is 2.82. The van der Waals surface area contributed by atoms with Gasteiger partial charge >= 0.3 is 0 Å². The van der Waals surface area contributed by atoms with E-state index in [1.165, 1.54) is 10.8 Å². The lowest BCUT2D eigenvalue weighted by molar-refractivity contribution is 0.104. The number of allylic oxidation sites excluding steroid dienone is 1. The third kappa shape index (κ3) is 5.01. The fraction of sp³-hybridized carbons (Fsp3) is 0.107. The molecule has 0 fully saturated rings. The van der Waals surface area contributed by atoms with Gasteiger partial charge in [0.1, 0.15) is 6.61 Å². The van der Waals surface area contributed by atoms with E-state index in [4.69, 9.17) is 9.47 Å². The van der Waals surface area contributed by atoms with Gasteiger partial charge in [-0.2, -0.15) is 0 Å². The van der Waals surface area contributed by atoms with Gasteiger partial charge in [-0.25, -0.2) is 0 Å². The van der Waals surface area contributed by atoms with Crippen molar-refractivity contribution < 1.29 is 14.3 Å². The number of benzene rings is 4. The molecule has 154 valence electrons. The molecule has 0 heterocycles. The Morgan fingerprint density at radius 1 is 0.806 bits per heavy atom. The summed E-state index contributed by atoms with van der Waals surface area (Å²) in [5, 5.41) is 2.37. The van der Waals surface area contributed by atoms with E-state index in [2.05, 4.69) is 24.3 Å². The van der Waals surface area contributed by atoms with Gasteiger partial charge in [-0.1, -0.05) is 84.9 Å². The van der Waals surface area contributed by atoms with Gasteiger partial charge in [0.2, 0.25) is 0 Å². The zero-order valence-electron chi connectivity index (χ0n) is 17.5. The van der Waals surface area contributed by atoms with Crippen molar-refractivity contribution in [2.45, 2.75) is 13.5 Å². The molecule has 0 N–H and O–H groups in total. The van der Waals surface area contributed by atoms with E-state index in [-0.39, 0.29) is 5.78 Å². The lowest BCUT2D eigenvalue weighted by Crippen LogP contribution is -2.00. The molecule has 0 saturated carbocycles. The Labute approximate surface area is 182 Å². The Balaban J connectivity index is 1.52. The maximum absolute atomic E-state index is 12.3. The predicted octanol–water partition coefficient (Wildman–Crippen LogP) is 6.71. The second-order valence-corrected chi connectivity index (χ2v) is 7.13. The van der Waals surface area contributed by atoms with Gasteiger partial charge in [0.05, 0.1) is 6.61 Å². The smallest absolute Gasteiger partial charge is 0.185 e. The van der Waals surface area contributed by atoms with Crippen LogP contribution in [-0.4, -0.2) is 12.4 Å². The summed E-state index contributed by atoms with van der Waals surface area (Å²) in [4.78, 5) is 12.3. The molecule has 4 rings (SSSR count). The molecule has 3 nitrogen and oxygen atoms in total. The summed E-state index contributed by atoms with van der Waals surface area (Å²) < 4.78 is 11.9. The summed E-state index contributed by atoms with van der Waals surface area (Å²) in [6, 6.07) is 29.4. The van der Waals surface area contributed by atoms with Crippen molar-refractivity contribution in [3.05, 3.63) is 114 Å². The maximum atomic E-state index is 12.3. The lowest BCUT2D eigenvalue weighted by Gasteiger charge is -2.14. The molecule has 4 aromatic carbocycles. The van der Waals surface area contributed by atoms with Gasteiger partial charge in [0.25, 0.3) is 0 Å². The molecular formula is C28H24O3. The number of fused-ring (bicyclic) bond motifs is 1. The van der Waals surface area contributed by atoms with E-state index in [0.717, 1.165) is 11.1 Å². The third-order valence-corrected chi connectivity index (χ3v) is 5.02. The molecule has 4 aromatic rings. The number of rotatable bonds is 8. The van der Waals surface area contributed by atoms with Crippen molar-refractivity contribution in [3.8, 4) is 11.5 Å². The Kier molecular flexibility index (Phi) is 6.44. The number of carbonyl (C=O) groups is 1. The number of ketones is 1. The summed E-state index contributed by atoms with van der Waals surface area (Å²) in [6.07, 6.45) is 3.38. The minimum Gasteiger partial charge on any atom is -0.490 e. The Hall–Kier alpha value is -3.85. The molecule has 3 heteroatoms. The van der Waals surface area contributed by atoms with Crippen LogP contribution in [0.2, 0.25) is 0 Å². The van der Waals surface area contributed by atoms with Gasteiger partial charge in [0.15, 0.2) is 17.3 Å². The molecule has 0 aliphatic carbocycles. The molecule has 0 aliphatic rings. The minimum atomic E-state index is -0.0326. The number of ether oxygens (including phenoxy) is 2. The highest BCUT2D eigenvalue weighted by molar-refractivity contribution is 6.06. The van der Waals surface area contributed by atoms with Gasteiger partial charge in [-0.05, 0) is 47.0 Å². The highest BCUT2D eigenvalue weighted by Gasteiger charge is 2.08. The summed E-state index contributed by atoms with van der Waals surface area (Å²) in [6.45, 7) is 2.92. The molecule has 0 amide bonds. The molecule has 0 saturated heterocycles. The normalized spacial score (nSPS) is 11.0. The number of carbonyl (C=O) groups excluding carboxylic acids is 1. The van der Waals surface area contributed by atoms with Crippen molar-refractivity contribution in [1.82, 2.24) is 0 Å². The van der Waals surface area contributed by atoms with Crippen LogP contribution in [0.3, 0.4) is 0 Å². The lowest BCUT2D eigenvalue weighted by atomic mass is 10.1. The standard InChI is InChI=1S/C28H24O3/c1-2-30-28-19-21(15-17-26(29)23-10-4-3-5-11-23)16-18-27(28)31-20-24-13-8-12-22-9-6-7-14-25(22)24/h3-19H,2,20H2,1H3/b17-15+. The highest BCUT2D eigenvalue weighted by Crippen LogP contribution is 2.30. The first-order valence-electron chi connectivity index (χ1n) is 10.4. The molecule has 0 spiro atoms. The fourth-order valence-corrected chi connectivity index (χ4v) is 3.46. The van der Waals surface area contributed by atoms with Gasteiger partial charge in [-0.15, -0.1) is 0 Å². The summed E-state index contributed by atoms with van der Waals surface area (Å²) in [5.41, 5.74) is 2.67. The zero-order chi connectivity index (χ0) is 21.5. The molecule has 0 bridgehead atoms. The summed E-state index contributed by atoms with van der Waals surface area (Å²) in [5.74, 6) is 1.31. The Morgan fingerprint density at radius 2 is 1.58 bits per heavy atom. The predicted molar refractivity (Wildman–Crippen MR) is 126 cm³/mol. The van der Waals surface area contributed by atoms with Crippen LogP contribution in [-0.2, 0) is 6.61 Å². The summed E-state index contributed by atoms with van der Waals surface area (Å²) >= 11 is 0. The van der Waals surface area contributed by atoms with Gasteiger partial charge in [0, 0.05) is 5.56 Å². The minimum absolute atomic E-state index is 0.0326. The van der Waals surface area contributed by atoms with Crippen molar-refractivity contribution in [2.24, 2.45) is 0 Å². The van der Waals surface area contributed by atoms with E-state index in [1.807, 2.05) is 73.7 Å². The second kappa shape index (κ2) is 9.77. The average molecular weight is 408 g/mol. The van der Waals surface area contributed by atoms with E-state index in [9.17, 15) is 4.79 Å². The fourth-order valence-electron chi connectivity index (χ4n) is 3.46. The zero-order valence-corrected chi connectivity index (χ0v) is 17.5. The molecule has 0 atom stereocenters. The van der Waals surface area contributed by atoms with Crippen LogP contribution in [0.1, 0.15) is 28.4 Å². The van der Waals surface area contributed by atoms with Crippen LogP contribution in [0.5, 0.6) is 11.5 Å². The molecule has 0 radical (unpaired) electrons. The van der Waals surface area contributed by atoms with Crippen molar-refractivity contribution >= 4 is 22.6 Å². The van der Waals surface area contributed by atoms with Crippen LogP contribution in [0.25, 0.3) is 16.8 Å². The van der Waals surface area contributed by atoms with Crippen LogP contribution >= 0.6 is 0 Å².